The number of halogens is 2. The maximum atomic E-state index is 14.0. The number of nitrogens with one attached hydrogen (secondary N) is 3. The smallest absolute Gasteiger partial charge is 0.406 e. The highest BCUT2D eigenvalue weighted by molar-refractivity contribution is 5.74. The number of amides is 3. The Bertz CT molecular complexity index is 851. The molecule has 0 aliphatic carbocycles. The average Bonchev–Trinajstić information content (AvgIpc) is 2.90. The van der Waals surface area contributed by atoms with Gasteiger partial charge in [0.05, 0.1) is 32.1 Å². The Kier molecular flexibility index (Phi) is 11.8. The van der Waals surface area contributed by atoms with Crippen molar-refractivity contribution in [2.24, 2.45) is 5.92 Å². The van der Waals surface area contributed by atoms with Crippen molar-refractivity contribution in [2.45, 2.75) is 63.3 Å². The Morgan fingerprint density at radius 2 is 1.95 bits per heavy atom. The SMILES string of the molecule is CN[C@H](CC[C@H]1CCCCO1)NC(=O)N1CCC[C@@H]([C@@H](OCCNC(=O)OC)c2cc(F)cc(F)c2)C1. The minimum atomic E-state index is -0.694. The van der Waals surface area contributed by atoms with Gasteiger partial charge in [-0.05, 0) is 69.7 Å². The van der Waals surface area contributed by atoms with Gasteiger partial charge < -0.3 is 35.1 Å². The van der Waals surface area contributed by atoms with E-state index < -0.39 is 23.8 Å². The number of nitrogens with zero attached hydrogens (tertiary/aromatic N) is 1. The minimum absolute atomic E-state index is 0.117. The summed E-state index contributed by atoms with van der Waals surface area (Å²) in [7, 11) is 3.08. The summed E-state index contributed by atoms with van der Waals surface area (Å²) in [5.41, 5.74) is 0.364. The van der Waals surface area contributed by atoms with Crippen molar-refractivity contribution in [2.75, 3.05) is 47.0 Å². The molecular formula is C26H40F2N4O5. The molecule has 2 fully saturated rings. The van der Waals surface area contributed by atoms with E-state index in [9.17, 15) is 18.4 Å². The first-order valence-electron chi connectivity index (χ1n) is 13.1. The fourth-order valence-electron chi connectivity index (χ4n) is 5.01. The summed E-state index contributed by atoms with van der Waals surface area (Å²) in [6, 6.07) is 3.14. The molecule has 2 aliphatic heterocycles. The Morgan fingerprint density at radius 1 is 1.16 bits per heavy atom. The molecule has 9 nitrogen and oxygen atoms in total. The van der Waals surface area contributed by atoms with E-state index in [1.54, 1.807) is 4.90 Å². The molecule has 0 bridgehead atoms. The molecule has 1 aromatic rings. The first kappa shape index (κ1) is 29.1. The van der Waals surface area contributed by atoms with Crippen LogP contribution in [0.2, 0.25) is 0 Å². The second-order valence-corrected chi connectivity index (χ2v) is 9.62. The van der Waals surface area contributed by atoms with Crippen LogP contribution in [0, 0.1) is 17.6 Å². The molecule has 3 rings (SSSR count). The number of rotatable bonds is 11. The highest BCUT2D eigenvalue weighted by Crippen LogP contribution is 2.33. The molecule has 1 aromatic carbocycles. The summed E-state index contributed by atoms with van der Waals surface area (Å²) in [5.74, 6) is -1.57. The lowest BCUT2D eigenvalue weighted by Crippen LogP contribution is -2.53. The Morgan fingerprint density at radius 3 is 2.62 bits per heavy atom. The predicted octanol–water partition coefficient (Wildman–Crippen LogP) is 3.69. The van der Waals surface area contributed by atoms with E-state index in [-0.39, 0.29) is 37.4 Å². The highest BCUT2D eigenvalue weighted by atomic mass is 19.1. The summed E-state index contributed by atoms with van der Waals surface area (Å²) in [4.78, 5) is 26.2. The second kappa shape index (κ2) is 15.0. The van der Waals surface area contributed by atoms with Gasteiger partial charge in [0.25, 0.3) is 0 Å². The van der Waals surface area contributed by atoms with Crippen molar-refractivity contribution in [3.63, 3.8) is 0 Å². The van der Waals surface area contributed by atoms with Gasteiger partial charge in [0.15, 0.2) is 0 Å². The molecule has 11 heteroatoms. The van der Waals surface area contributed by atoms with Crippen molar-refractivity contribution >= 4 is 12.1 Å². The largest absolute Gasteiger partial charge is 0.453 e. The normalized spacial score (nSPS) is 21.7. The summed E-state index contributed by atoms with van der Waals surface area (Å²) in [6.07, 6.45) is 5.22. The minimum Gasteiger partial charge on any atom is -0.453 e. The fraction of sp³-hybridized carbons (Fsp3) is 0.692. The van der Waals surface area contributed by atoms with Gasteiger partial charge in [0.2, 0.25) is 0 Å². The van der Waals surface area contributed by atoms with Crippen LogP contribution in [0.15, 0.2) is 18.2 Å². The van der Waals surface area contributed by atoms with Crippen LogP contribution in [0.25, 0.3) is 0 Å². The molecule has 2 heterocycles. The van der Waals surface area contributed by atoms with Gasteiger partial charge in [0.1, 0.15) is 11.6 Å². The molecule has 2 aliphatic rings. The zero-order chi connectivity index (χ0) is 26.6. The average molecular weight is 527 g/mol. The van der Waals surface area contributed by atoms with Crippen molar-refractivity contribution in [1.82, 2.24) is 20.9 Å². The number of urea groups is 1. The lowest BCUT2D eigenvalue weighted by atomic mass is 9.88. The lowest BCUT2D eigenvalue weighted by molar-refractivity contribution is -0.00919. The molecule has 3 amide bonds. The topological polar surface area (TPSA) is 101 Å². The van der Waals surface area contributed by atoms with Crippen LogP contribution in [0.3, 0.4) is 0 Å². The Balaban J connectivity index is 1.61. The maximum Gasteiger partial charge on any atom is 0.406 e. The number of benzene rings is 1. The third-order valence-electron chi connectivity index (χ3n) is 6.94. The molecule has 0 aromatic heterocycles. The van der Waals surface area contributed by atoms with Gasteiger partial charge in [0, 0.05) is 38.2 Å². The van der Waals surface area contributed by atoms with Gasteiger partial charge in [-0.25, -0.2) is 18.4 Å². The summed E-state index contributed by atoms with van der Waals surface area (Å²) < 4.78 is 44.4. The summed E-state index contributed by atoms with van der Waals surface area (Å²) in [5, 5.41) is 8.76. The van der Waals surface area contributed by atoms with Crippen molar-refractivity contribution in [3.05, 3.63) is 35.4 Å². The van der Waals surface area contributed by atoms with Gasteiger partial charge in [-0.1, -0.05) is 0 Å². The van der Waals surface area contributed by atoms with Gasteiger partial charge >= 0.3 is 12.1 Å². The van der Waals surface area contributed by atoms with Gasteiger partial charge in [-0.2, -0.15) is 0 Å². The first-order valence-corrected chi connectivity index (χ1v) is 13.1. The third kappa shape index (κ3) is 9.39. The maximum absolute atomic E-state index is 14.0. The Labute approximate surface area is 217 Å². The number of ether oxygens (including phenoxy) is 3. The third-order valence-corrected chi connectivity index (χ3v) is 6.94. The monoisotopic (exact) mass is 526 g/mol. The van der Waals surface area contributed by atoms with Crippen LogP contribution in [0.5, 0.6) is 0 Å². The van der Waals surface area contributed by atoms with Crippen molar-refractivity contribution < 1.29 is 32.6 Å². The molecule has 37 heavy (non-hydrogen) atoms. The number of hydrogen-bond donors (Lipinski definition) is 3. The van der Waals surface area contributed by atoms with E-state index >= 15 is 0 Å². The van der Waals surface area contributed by atoms with Crippen LogP contribution in [-0.2, 0) is 14.2 Å². The molecular weight excluding hydrogens is 486 g/mol. The number of carbonyl (C=O) groups is 2. The molecule has 2 saturated heterocycles. The molecule has 0 saturated carbocycles. The van der Waals surface area contributed by atoms with E-state index in [0.717, 1.165) is 51.2 Å². The highest BCUT2D eigenvalue weighted by Gasteiger charge is 2.32. The summed E-state index contributed by atoms with van der Waals surface area (Å²) in [6.45, 7) is 2.05. The molecule has 208 valence electrons. The van der Waals surface area contributed by atoms with Gasteiger partial charge in [-0.15, -0.1) is 0 Å². The van der Waals surface area contributed by atoms with Crippen molar-refractivity contribution in [1.29, 1.82) is 0 Å². The van der Waals surface area contributed by atoms with Crippen LogP contribution in [-0.4, -0.2) is 76.3 Å². The van der Waals surface area contributed by atoms with Crippen LogP contribution in [0.1, 0.15) is 56.6 Å². The fourth-order valence-corrected chi connectivity index (χ4v) is 5.01. The second-order valence-electron chi connectivity index (χ2n) is 9.62. The molecule has 4 atom stereocenters. The number of likely N-dealkylation sites (tertiary alicyclic amines) is 1. The van der Waals surface area contributed by atoms with Crippen LogP contribution in [0.4, 0.5) is 18.4 Å². The van der Waals surface area contributed by atoms with Gasteiger partial charge in [-0.3, -0.25) is 0 Å². The van der Waals surface area contributed by atoms with Crippen molar-refractivity contribution in [3.8, 4) is 0 Å². The molecule has 0 spiro atoms. The predicted molar refractivity (Wildman–Crippen MR) is 134 cm³/mol. The zero-order valence-corrected chi connectivity index (χ0v) is 21.8. The molecule has 3 N–H and O–H groups in total. The van der Waals surface area contributed by atoms with E-state index in [4.69, 9.17) is 9.47 Å². The van der Waals surface area contributed by atoms with E-state index in [2.05, 4.69) is 20.7 Å². The molecule has 0 unspecified atom stereocenters. The number of piperidine rings is 1. The zero-order valence-electron chi connectivity index (χ0n) is 21.8. The lowest BCUT2D eigenvalue weighted by Gasteiger charge is -2.38. The van der Waals surface area contributed by atoms with E-state index in [1.807, 2.05) is 7.05 Å². The number of carbonyl (C=O) groups excluding carboxylic acids is 2. The number of alkyl carbamates (subject to hydrolysis) is 1. The summed E-state index contributed by atoms with van der Waals surface area (Å²) >= 11 is 0. The Hall–Kier alpha value is -2.50. The van der Waals surface area contributed by atoms with E-state index in [0.29, 0.717) is 18.7 Å². The quantitative estimate of drug-likeness (QED) is 0.300. The van der Waals surface area contributed by atoms with E-state index in [1.165, 1.54) is 25.7 Å². The van der Waals surface area contributed by atoms with Crippen LogP contribution < -0.4 is 16.0 Å². The number of methoxy groups -OCH3 is 1. The molecule has 0 radical (unpaired) electrons. The number of hydrogen-bond acceptors (Lipinski definition) is 6. The first-order chi connectivity index (χ1) is 17.9. The standard InChI is InChI=1S/C26H40F2N4O5/c1-29-23(9-8-22-7-3-4-12-36-22)31-25(33)32-11-5-6-18(17-32)24(37-13-10-30-26(34)35-2)19-14-20(27)16-21(28)15-19/h14-16,18,22-24,29H,3-13,17H2,1-2H3,(H,30,34)(H,31,33)/t18-,22-,23+,24-/m1/s1. The van der Waals surface area contributed by atoms with Crippen LogP contribution >= 0.6 is 0 Å².